The third kappa shape index (κ3) is 4.64. The number of rotatable bonds is 1. The summed E-state index contributed by atoms with van der Waals surface area (Å²) in [5.74, 6) is 0. The number of aryl methyl sites for hydroxylation is 1. The van der Waals surface area contributed by atoms with Crippen molar-refractivity contribution in [1.29, 1.82) is 0 Å². The fraction of sp³-hybridized carbons (Fsp3) is 0.500. The van der Waals surface area contributed by atoms with Gasteiger partial charge in [0.1, 0.15) is 11.3 Å². The molecule has 6 nitrogen and oxygen atoms in total. The van der Waals surface area contributed by atoms with Gasteiger partial charge in [0.25, 0.3) is 0 Å². The Bertz CT molecular complexity index is 1200. The molecule has 0 aliphatic carbocycles. The van der Waals surface area contributed by atoms with Gasteiger partial charge in [0.15, 0.2) is 0 Å². The molecule has 0 spiro atoms. The number of aliphatic hydroxyl groups excluding tert-OH is 1. The number of carbonyl (C=O) groups is 1. The molecule has 4 rings (SSSR count). The Balaban J connectivity index is 1.78. The van der Waals surface area contributed by atoms with Crippen LogP contribution in [0, 0.1) is 6.92 Å². The number of aromatic nitrogens is 2. The molecular formula is C24H28F3N3O3. The Morgan fingerprint density at radius 2 is 1.85 bits per heavy atom. The molecule has 1 saturated heterocycles. The first-order valence-corrected chi connectivity index (χ1v) is 11.0. The van der Waals surface area contributed by atoms with Gasteiger partial charge in [0.2, 0.25) is 0 Å². The second-order valence-electron chi connectivity index (χ2n) is 9.66. The van der Waals surface area contributed by atoms with Crippen LogP contribution in [0.3, 0.4) is 0 Å². The molecule has 1 N–H and O–H groups in total. The van der Waals surface area contributed by atoms with Crippen LogP contribution in [0.2, 0.25) is 0 Å². The van der Waals surface area contributed by atoms with Crippen molar-refractivity contribution >= 4 is 28.0 Å². The van der Waals surface area contributed by atoms with Gasteiger partial charge in [-0.05, 0) is 64.8 Å². The van der Waals surface area contributed by atoms with E-state index in [4.69, 9.17) is 4.74 Å². The van der Waals surface area contributed by atoms with E-state index >= 15 is 0 Å². The molecule has 3 heterocycles. The van der Waals surface area contributed by atoms with Crippen LogP contribution in [-0.4, -0.2) is 50.4 Å². The van der Waals surface area contributed by atoms with Crippen LogP contribution in [0.1, 0.15) is 50.9 Å². The number of nitrogens with zero attached hydrogens (tertiary/aromatic N) is 3. The van der Waals surface area contributed by atoms with Crippen molar-refractivity contribution in [2.24, 2.45) is 0 Å². The van der Waals surface area contributed by atoms with Crippen molar-refractivity contribution in [3.63, 3.8) is 0 Å². The SMILES string of the molecule is Cc1ccc2c(c1)c1nc(C(F)(F)F)ccc1n2[C@@H]1CCCN(C(=O)OC(C)(C)C)C[C@H]1O. The Morgan fingerprint density at radius 1 is 1.15 bits per heavy atom. The molecule has 0 radical (unpaired) electrons. The lowest BCUT2D eigenvalue weighted by atomic mass is 10.1. The average Bonchev–Trinajstić information content (AvgIpc) is 2.87. The molecular weight excluding hydrogens is 435 g/mol. The largest absolute Gasteiger partial charge is 0.444 e. The number of hydrogen-bond donors (Lipinski definition) is 1. The van der Waals surface area contributed by atoms with Gasteiger partial charge in [-0.3, -0.25) is 0 Å². The van der Waals surface area contributed by atoms with Crippen molar-refractivity contribution < 1.29 is 27.8 Å². The predicted octanol–water partition coefficient (Wildman–Crippen LogP) is 5.45. The highest BCUT2D eigenvalue weighted by atomic mass is 19.4. The number of pyridine rings is 1. The van der Waals surface area contributed by atoms with Crippen molar-refractivity contribution in [2.45, 2.75) is 64.5 Å². The minimum Gasteiger partial charge on any atom is -0.444 e. The van der Waals surface area contributed by atoms with Gasteiger partial charge >= 0.3 is 12.3 Å². The standard InChI is InChI=1S/C24H28F3N3O3/c1-14-7-8-16-15(12-14)21-18(9-10-20(28-21)24(25,26)27)30(16)17-6-5-11-29(13-19(17)31)22(32)33-23(2,3)4/h7-10,12,17,19,31H,5-6,11,13H2,1-4H3/t17-,19-/m1/s1. The third-order valence-electron chi connectivity index (χ3n) is 5.85. The molecule has 0 unspecified atom stereocenters. The fourth-order valence-electron chi connectivity index (χ4n) is 4.45. The van der Waals surface area contributed by atoms with Gasteiger partial charge in [0.05, 0.1) is 35.2 Å². The number of likely N-dealkylation sites (tertiary alicyclic amines) is 1. The summed E-state index contributed by atoms with van der Waals surface area (Å²) in [6.45, 7) is 7.71. The number of carbonyl (C=O) groups excluding carboxylic acids is 1. The second kappa shape index (κ2) is 8.20. The fourth-order valence-corrected chi connectivity index (χ4v) is 4.45. The Hall–Kier alpha value is -2.81. The number of fused-ring (bicyclic) bond motifs is 3. The summed E-state index contributed by atoms with van der Waals surface area (Å²) in [6, 6.07) is 7.52. The number of halogens is 3. The predicted molar refractivity (Wildman–Crippen MR) is 119 cm³/mol. The molecule has 2 aromatic heterocycles. The van der Waals surface area contributed by atoms with E-state index < -0.39 is 35.7 Å². The molecule has 1 amide bonds. The average molecular weight is 464 g/mol. The zero-order chi connectivity index (χ0) is 24.1. The lowest BCUT2D eigenvalue weighted by Crippen LogP contribution is -2.41. The maximum atomic E-state index is 13.3. The highest BCUT2D eigenvalue weighted by Gasteiger charge is 2.35. The van der Waals surface area contributed by atoms with Crippen LogP contribution in [0.15, 0.2) is 30.3 Å². The molecule has 9 heteroatoms. The molecule has 33 heavy (non-hydrogen) atoms. The summed E-state index contributed by atoms with van der Waals surface area (Å²) in [4.78, 5) is 18.0. The number of aliphatic hydroxyl groups is 1. The monoisotopic (exact) mass is 463 g/mol. The van der Waals surface area contributed by atoms with E-state index in [0.717, 1.165) is 11.6 Å². The van der Waals surface area contributed by atoms with Crippen molar-refractivity contribution in [3.8, 4) is 0 Å². The summed E-state index contributed by atoms with van der Waals surface area (Å²) in [5.41, 5.74) is 0.784. The number of β-amino-alcohol motifs (C(OH)–C–C–N with tert-alkyl or cyclic N) is 1. The van der Waals surface area contributed by atoms with E-state index in [0.29, 0.717) is 35.8 Å². The first-order valence-electron chi connectivity index (χ1n) is 11.0. The summed E-state index contributed by atoms with van der Waals surface area (Å²) in [5, 5.41) is 11.7. The van der Waals surface area contributed by atoms with Crippen LogP contribution in [0.4, 0.5) is 18.0 Å². The van der Waals surface area contributed by atoms with Crippen molar-refractivity contribution in [2.75, 3.05) is 13.1 Å². The highest BCUT2D eigenvalue weighted by Crippen LogP contribution is 2.37. The molecule has 2 atom stereocenters. The number of benzene rings is 1. The first-order chi connectivity index (χ1) is 15.3. The van der Waals surface area contributed by atoms with Gasteiger partial charge in [0, 0.05) is 11.9 Å². The molecule has 1 aromatic carbocycles. The maximum absolute atomic E-state index is 13.3. The Labute approximate surface area is 189 Å². The summed E-state index contributed by atoms with van der Waals surface area (Å²) < 4.78 is 47.4. The van der Waals surface area contributed by atoms with Crippen LogP contribution in [-0.2, 0) is 10.9 Å². The second-order valence-corrected chi connectivity index (χ2v) is 9.66. The molecule has 1 fully saturated rings. The summed E-state index contributed by atoms with van der Waals surface area (Å²) >= 11 is 0. The maximum Gasteiger partial charge on any atom is 0.433 e. The van der Waals surface area contributed by atoms with E-state index in [-0.39, 0.29) is 12.1 Å². The Kier molecular flexibility index (Phi) is 5.80. The summed E-state index contributed by atoms with van der Waals surface area (Å²) in [6.07, 6.45) is -4.81. The zero-order valence-electron chi connectivity index (χ0n) is 19.1. The molecule has 178 valence electrons. The van der Waals surface area contributed by atoms with E-state index in [1.54, 1.807) is 20.8 Å². The number of hydrogen-bond acceptors (Lipinski definition) is 4. The Morgan fingerprint density at radius 3 is 2.52 bits per heavy atom. The van der Waals surface area contributed by atoms with Gasteiger partial charge in [-0.2, -0.15) is 13.2 Å². The van der Waals surface area contributed by atoms with Crippen molar-refractivity contribution in [1.82, 2.24) is 14.5 Å². The van der Waals surface area contributed by atoms with E-state index in [2.05, 4.69) is 4.98 Å². The first kappa shape index (κ1) is 23.4. The van der Waals surface area contributed by atoms with Crippen LogP contribution < -0.4 is 0 Å². The normalized spacial score (nSPS) is 20.3. The molecule has 1 aliphatic heterocycles. The topological polar surface area (TPSA) is 67.6 Å². The van der Waals surface area contributed by atoms with Crippen LogP contribution >= 0.6 is 0 Å². The van der Waals surface area contributed by atoms with Gasteiger partial charge in [-0.15, -0.1) is 0 Å². The molecule has 0 saturated carbocycles. The number of alkyl halides is 3. The lowest BCUT2D eigenvalue weighted by molar-refractivity contribution is -0.140. The third-order valence-corrected chi connectivity index (χ3v) is 5.85. The molecule has 1 aliphatic rings. The summed E-state index contributed by atoms with van der Waals surface area (Å²) in [7, 11) is 0. The lowest BCUT2D eigenvalue weighted by Gasteiger charge is -2.29. The van der Waals surface area contributed by atoms with E-state index in [1.807, 2.05) is 29.7 Å². The van der Waals surface area contributed by atoms with Gasteiger partial charge < -0.3 is 19.3 Å². The smallest absolute Gasteiger partial charge is 0.433 e. The van der Waals surface area contributed by atoms with Gasteiger partial charge in [-0.1, -0.05) is 11.6 Å². The number of amides is 1. The van der Waals surface area contributed by atoms with E-state index in [1.165, 1.54) is 11.0 Å². The highest BCUT2D eigenvalue weighted by molar-refractivity contribution is 6.06. The van der Waals surface area contributed by atoms with Crippen LogP contribution in [0.5, 0.6) is 0 Å². The number of ether oxygens (including phenoxy) is 1. The minimum absolute atomic E-state index is 0.0701. The minimum atomic E-state index is -4.55. The van der Waals surface area contributed by atoms with Crippen LogP contribution in [0.25, 0.3) is 21.9 Å². The van der Waals surface area contributed by atoms with Crippen molar-refractivity contribution in [3.05, 3.63) is 41.6 Å². The molecule has 3 aromatic rings. The van der Waals surface area contributed by atoms with E-state index in [9.17, 15) is 23.1 Å². The zero-order valence-corrected chi connectivity index (χ0v) is 19.1. The quantitative estimate of drug-likeness (QED) is 0.521. The van der Waals surface area contributed by atoms with Gasteiger partial charge in [-0.25, -0.2) is 9.78 Å². The molecule has 0 bridgehead atoms.